The molecule has 0 aromatic heterocycles. The fraction of sp³-hybridized carbons (Fsp3) is 0.200. The molecule has 0 spiro atoms. The van der Waals surface area contributed by atoms with E-state index in [1.165, 1.54) is 0 Å². The van der Waals surface area contributed by atoms with Gasteiger partial charge >= 0.3 is 0 Å². The average Bonchev–Trinajstić information content (AvgIpc) is 2.47. The zero-order valence-electron chi connectivity index (χ0n) is 10.5. The molecule has 4 nitrogen and oxygen atoms in total. The summed E-state index contributed by atoms with van der Waals surface area (Å²) in [7, 11) is 0. The maximum absolute atomic E-state index is 9.29. The number of nitrogens with two attached hydrogens (primary N) is 1. The molecule has 0 aliphatic rings. The maximum Gasteiger partial charge on any atom is 0.127 e. The van der Waals surface area contributed by atoms with Gasteiger partial charge in [-0.1, -0.05) is 18.2 Å². The van der Waals surface area contributed by atoms with E-state index in [9.17, 15) is 5.11 Å². The van der Waals surface area contributed by atoms with Crippen LogP contribution in [0, 0.1) is 0 Å². The molecule has 2 aromatic carbocycles. The molecule has 1 atom stereocenters. The third-order valence-electron chi connectivity index (χ3n) is 2.52. The summed E-state index contributed by atoms with van der Waals surface area (Å²) in [5.74, 6) is 2.19. The zero-order valence-corrected chi connectivity index (χ0v) is 10.5. The SMILES string of the molecule is NCC(O)COc1ccc(Oc2ccccc2)cc1. The first kappa shape index (κ1) is 13.4. The molecule has 0 radical (unpaired) electrons. The summed E-state index contributed by atoms with van der Waals surface area (Å²) >= 11 is 0. The van der Waals surface area contributed by atoms with Crippen molar-refractivity contribution in [1.82, 2.24) is 0 Å². The predicted octanol–water partition coefficient (Wildman–Crippen LogP) is 2.18. The number of para-hydroxylation sites is 1. The van der Waals surface area contributed by atoms with Crippen molar-refractivity contribution >= 4 is 0 Å². The summed E-state index contributed by atoms with van der Waals surface area (Å²) in [4.78, 5) is 0. The van der Waals surface area contributed by atoms with Gasteiger partial charge in [0.2, 0.25) is 0 Å². The smallest absolute Gasteiger partial charge is 0.127 e. The van der Waals surface area contributed by atoms with Gasteiger partial charge in [-0.2, -0.15) is 0 Å². The highest BCUT2D eigenvalue weighted by Gasteiger charge is 2.02. The van der Waals surface area contributed by atoms with Crippen molar-refractivity contribution in [2.24, 2.45) is 5.73 Å². The van der Waals surface area contributed by atoms with Crippen LogP contribution in [0.25, 0.3) is 0 Å². The Morgan fingerprint density at radius 3 is 2.11 bits per heavy atom. The predicted molar refractivity (Wildman–Crippen MR) is 73.5 cm³/mol. The van der Waals surface area contributed by atoms with E-state index in [1.807, 2.05) is 42.5 Å². The third kappa shape index (κ3) is 4.28. The highest BCUT2D eigenvalue weighted by atomic mass is 16.5. The lowest BCUT2D eigenvalue weighted by Crippen LogP contribution is -2.26. The van der Waals surface area contributed by atoms with Crippen LogP contribution in [-0.4, -0.2) is 24.4 Å². The third-order valence-corrected chi connectivity index (χ3v) is 2.52. The van der Waals surface area contributed by atoms with Crippen LogP contribution in [0.1, 0.15) is 0 Å². The van der Waals surface area contributed by atoms with Gasteiger partial charge in [0.1, 0.15) is 30.0 Å². The molecule has 0 heterocycles. The van der Waals surface area contributed by atoms with Crippen LogP contribution in [0.4, 0.5) is 0 Å². The number of aliphatic hydroxyl groups excluding tert-OH is 1. The summed E-state index contributed by atoms with van der Waals surface area (Å²) in [5.41, 5.74) is 5.30. The first-order valence-electron chi connectivity index (χ1n) is 6.12. The van der Waals surface area contributed by atoms with Crippen LogP contribution in [0.15, 0.2) is 54.6 Å². The second kappa shape index (κ2) is 6.78. The molecular formula is C15H17NO3. The summed E-state index contributed by atoms with van der Waals surface area (Å²) in [6.45, 7) is 0.380. The molecule has 0 amide bonds. The molecule has 100 valence electrons. The van der Waals surface area contributed by atoms with Crippen LogP contribution >= 0.6 is 0 Å². The Labute approximate surface area is 112 Å². The van der Waals surface area contributed by atoms with E-state index in [4.69, 9.17) is 15.2 Å². The van der Waals surface area contributed by atoms with Crippen LogP contribution in [0.3, 0.4) is 0 Å². The van der Waals surface area contributed by atoms with Crippen molar-refractivity contribution in [2.75, 3.05) is 13.2 Å². The molecule has 0 aliphatic heterocycles. The normalized spacial score (nSPS) is 11.9. The topological polar surface area (TPSA) is 64.7 Å². The molecule has 0 bridgehead atoms. The van der Waals surface area contributed by atoms with Gasteiger partial charge in [-0.3, -0.25) is 0 Å². The Kier molecular flexibility index (Phi) is 4.78. The molecule has 1 unspecified atom stereocenters. The van der Waals surface area contributed by atoms with E-state index in [1.54, 1.807) is 12.1 Å². The van der Waals surface area contributed by atoms with Crippen molar-refractivity contribution in [1.29, 1.82) is 0 Å². The summed E-state index contributed by atoms with van der Waals surface area (Å²) in [6, 6.07) is 16.8. The molecule has 0 aliphatic carbocycles. The Morgan fingerprint density at radius 1 is 0.895 bits per heavy atom. The quantitative estimate of drug-likeness (QED) is 0.834. The largest absolute Gasteiger partial charge is 0.491 e. The Morgan fingerprint density at radius 2 is 1.47 bits per heavy atom. The second-order valence-electron chi connectivity index (χ2n) is 4.09. The Balaban J connectivity index is 1.91. The molecule has 0 saturated heterocycles. The minimum atomic E-state index is -0.639. The highest BCUT2D eigenvalue weighted by molar-refractivity contribution is 5.35. The van der Waals surface area contributed by atoms with E-state index in [0.29, 0.717) is 5.75 Å². The summed E-state index contributed by atoms with van der Waals surface area (Å²) < 4.78 is 11.0. The lowest BCUT2D eigenvalue weighted by atomic mass is 10.3. The minimum Gasteiger partial charge on any atom is -0.491 e. The van der Waals surface area contributed by atoms with Gasteiger partial charge in [-0.05, 0) is 36.4 Å². The highest BCUT2D eigenvalue weighted by Crippen LogP contribution is 2.23. The maximum atomic E-state index is 9.29. The van der Waals surface area contributed by atoms with Crippen LogP contribution in [-0.2, 0) is 0 Å². The molecule has 0 saturated carbocycles. The van der Waals surface area contributed by atoms with Gasteiger partial charge in [0.25, 0.3) is 0 Å². The molecular weight excluding hydrogens is 242 g/mol. The van der Waals surface area contributed by atoms with E-state index in [-0.39, 0.29) is 13.2 Å². The Hall–Kier alpha value is -2.04. The lowest BCUT2D eigenvalue weighted by Gasteiger charge is -2.11. The first-order valence-corrected chi connectivity index (χ1v) is 6.12. The van der Waals surface area contributed by atoms with E-state index in [2.05, 4.69) is 0 Å². The van der Waals surface area contributed by atoms with Crippen molar-refractivity contribution in [3.8, 4) is 17.2 Å². The fourth-order valence-electron chi connectivity index (χ4n) is 1.49. The minimum absolute atomic E-state index is 0.190. The number of aliphatic hydroxyl groups is 1. The Bertz CT molecular complexity index is 485. The first-order chi connectivity index (χ1) is 9.28. The number of benzene rings is 2. The molecule has 2 rings (SSSR count). The van der Waals surface area contributed by atoms with Gasteiger partial charge in [-0.25, -0.2) is 0 Å². The number of rotatable bonds is 6. The summed E-state index contributed by atoms with van der Waals surface area (Å²) in [6.07, 6.45) is -0.639. The standard InChI is InChI=1S/C15H17NO3/c16-10-12(17)11-18-13-6-8-15(9-7-13)19-14-4-2-1-3-5-14/h1-9,12,17H,10-11,16H2. The monoisotopic (exact) mass is 259 g/mol. The van der Waals surface area contributed by atoms with Gasteiger partial charge in [0.15, 0.2) is 0 Å². The molecule has 2 aromatic rings. The van der Waals surface area contributed by atoms with E-state index < -0.39 is 6.10 Å². The van der Waals surface area contributed by atoms with Crippen molar-refractivity contribution in [3.05, 3.63) is 54.6 Å². The average molecular weight is 259 g/mol. The molecule has 4 heteroatoms. The van der Waals surface area contributed by atoms with Gasteiger partial charge < -0.3 is 20.3 Å². The van der Waals surface area contributed by atoms with Crippen LogP contribution < -0.4 is 15.2 Å². The van der Waals surface area contributed by atoms with Crippen LogP contribution in [0.2, 0.25) is 0 Å². The zero-order chi connectivity index (χ0) is 13.5. The lowest BCUT2D eigenvalue weighted by molar-refractivity contribution is 0.114. The van der Waals surface area contributed by atoms with E-state index >= 15 is 0 Å². The number of hydrogen-bond acceptors (Lipinski definition) is 4. The number of ether oxygens (including phenoxy) is 2. The molecule has 19 heavy (non-hydrogen) atoms. The summed E-state index contributed by atoms with van der Waals surface area (Å²) in [5, 5.41) is 9.29. The van der Waals surface area contributed by atoms with Crippen molar-refractivity contribution in [3.63, 3.8) is 0 Å². The van der Waals surface area contributed by atoms with Gasteiger partial charge in [0.05, 0.1) is 0 Å². The fourth-order valence-corrected chi connectivity index (χ4v) is 1.49. The van der Waals surface area contributed by atoms with Gasteiger partial charge in [-0.15, -0.1) is 0 Å². The van der Waals surface area contributed by atoms with Crippen molar-refractivity contribution in [2.45, 2.75) is 6.10 Å². The van der Waals surface area contributed by atoms with Crippen LogP contribution in [0.5, 0.6) is 17.2 Å². The number of hydrogen-bond donors (Lipinski definition) is 2. The van der Waals surface area contributed by atoms with Crippen molar-refractivity contribution < 1.29 is 14.6 Å². The van der Waals surface area contributed by atoms with E-state index in [0.717, 1.165) is 11.5 Å². The molecule has 3 N–H and O–H groups in total. The second-order valence-corrected chi connectivity index (χ2v) is 4.09. The van der Waals surface area contributed by atoms with Gasteiger partial charge in [0, 0.05) is 6.54 Å². The molecule has 0 fully saturated rings.